The Morgan fingerprint density at radius 3 is 2.53 bits per heavy atom. The quantitative estimate of drug-likeness (QED) is 0.756. The van der Waals surface area contributed by atoms with Gasteiger partial charge in [-0.15, -0.1) is 10.2 Å². The standard InChI is InChI=1S/C9H11N5O/c1-6-10-7(2)14(13-6)9-4-3-8(5-15)11-12-9/h3-4,15H,5H2,1-2H3. The van der Waals surface area contributed by atoms with E-state index in [1.54, 1.807) is 16.8 Å². The number of aliphatic hydroxyl groups excluding tert-OH is 1. The zero-order chi connectivity index (χ0) is 10.8. The van der Waals surface area contributed by atoms with E-state index < -0.39 is 0 Å². The minimum atomic E-state index is -0.108. The molecule has 2 aromatic heterocycles. The predicted molar refractivity (Wildman–Crippen MR) is 52.3 cm³/mol. The Labute approximate surface area is 86.6 Å². The highest BCUT2D eigenvalue weighted by molar-refractivity contribution is 5.21. The molecule has 78 valence electrons. The van der Waals surface area contributed by atoms with Crippen molar-refractivity contribution in [3.8, 4) is 5.82 Å². The van der Waals surface area contributed by atoms with Crippen LogP contribution in [0.15, 0.2) is 12.1 Å². The van der Waals surface area contributed by atoms with Gasteiger partial charge in [-0.3, -0.25) is 0 Å². The van der Waals surface area contributed by atoms with Crippen LogP contribution in [-0.2, 0) is 6.61 Å². The van der Waals surface area contributed by atoms with Gasteiger partial charge in [-0.1, -0.05) is 0 Å². The van der Waals surface area contributed by atoms with E-state index in [1.165, 1.54) is 0 Å². The Balaban J connectivity index is 2.41. The lowest BCUT2D eigenvalue weighted by molar-refractivity contribution is 0.275. The lowest BCUT2D eigenvalue weighted by Crippen LogP contribution is -2.04. The highest BCUT2D eigenvalue weighted by Crippen LogP contribution is 2.05. The van der Waals surface area contributed by atoms with Crippen LogP contribution in [0.4, 0.5) is 0 Å². The fourth-order valence-corrected chi connectivity index (χ4v) is 1.29. The van der Waals surface area contributed by atoms with E-state index in [0.29, 0.717) is 17.3 Å². The summed E-state index contributed by atoms with van der Waals surface area (Å²) in [6.45, 7) is 3.56. The molecule has 0 aliphatic heterocycles. The van der Waals surface area contributed by atoms with Crippen LogP contribution in [0.1, 0.15) is 17.3 Å². The maximum atomic E-state index is 8.82. The number of nitrogens with zero attached hydrogens (tertiary/aromatic N) is 5. The Morgan fingerprint density at radius 2 is 2.07 bits per heavy atom. The molecule has 0 fully saturated rings. The first kappa shape index (κ1) is 9.72. The molecule has 0 amide bonds. The topological polar surface area (TPSA) is 76.7 Å². The zero-order valence-electron chi connectivity index (χ0n) is 8.55. The molecule has 6 nitrogen and oxygen atoms in total. The van der Waals surface area contributed by atoms with Crippen LogP contribution in [0, 0.1) is 13.8 Å². The Hall–Kier alpha value is -1.82. The summed E-state index contributed by atoms with van der Waals surface area (Å²) in [5.41, 5.74) is 0.535. The first-order valence-corrected chi connectivity index (χ1v) is 4.55. The predicted octanol–water partition coefficient (Wildman–Crippen LogP) is 0.166. The van der Waals surface area contributed by atoms with Gasteiger partial charge in [0.15, 0.2) is 5.82 Å². The molecule has 0 saturated carbocycles. The van der Waals surface area contributed by atoms with Crippen LogP contribution in [0.3, 0.4) is 0 Å². The third-order valence-corrected chi connectivity index (χ3v) is 1.96. The third kappa shape index (κ3) is 1.84. The Kier molecular flexibility index (Phi) is 2.42. The molecule has 0 aromatic carbocycles. The number of aromatic nitrogens is 5. The van der Waals surface area contributed by atoms with Crippen molar-refractivity contribution in [1.29, 1.82) is 0 Å². The van der Waals surface area contributed by atoms with Gasteiger partial charge in [0.25, 0.3) is 0 Å². The van der Waals surface area contributed by atoms with Gasteiger partial charge in [-0.2, -0.15) is 9.78 Å². The minimum Gasteiger partial charge on any atom is -0.390 e. The first-order chi connectivity index (χ1) is 7.20. The van der Waals surface area contributed by atoms with E-state index in [9.17, 15) is 0 Å². The molecule has 0 radical (unpaired) electrons. The van der Waals surface area contributed by atoms with E-state index in [0.717, 1.165) is 5.82 Å². The number of aliphatic hydroxyl groups is 1. The first-order valence-electron chi connectivity index (χ1n) is 4.55. The third-order valence-electron chi connectivity index (χ3n) is 1.96. The summed E-state index contributed by atoms with van der Waals surface area (Å²) in [4.78, 5) is 4.16. The maximum absolute atomic E-state index is 8.82. The molecular formula is C9H11N5O. The molecule has 0 bridgehead atoms. The number of rotatable bonds is 2. The smallest absolute Gasteiger partial charge is 0.177 e. The molecule has 6 heteroatoms. The highest BCUT2D eigenvalue weighted by Gasteiger charge is 2.06. The Morgan fingerprint density at radius 1 is 1.27 bits per heavy atom. The summed E-state index contributed by atoms with van der Waals surface area (Å²) in [6, 6.07) is 3.46. The van der Waals surface area contributed by atoms with Gasteiger partial charge in [-0.25, -0.2) is 4.98 Å². The fourth-order valence-electron chi connectivity index (χ4n) is 1.29. The van der Waals surface area contributed by atoms with Crippen molar-refractivity contribution in [2.45, 2.75) is 20.5 Å². The molecule has 2 rings (SSSR count). The normalized spacial score (nSPS) is 10.6. The molecular weight excluding hydrogens is 194 g/mol. The molecule has 0 unspecified atom stereocenters. The Bertz CT molecular complexity index is 462. The highest BCUT2D eigenvalue weighted by atomic mass is 16.3. The van der Waals surface area contributed by atoms with Crippen molar-refractivity contribution in [3.63, 3.8) is 0 Å². The second-order valence-electron chi connectivity index (χ2n) is 3.16. The van der Waals surface area contributed by atoms with E-state index in [2.05, 4.69) is 20.3 Å². The molecule has 0 aliphatic rings. The lowest BCUT2D eigenvalue weighted by atomic mass is 10.4. The van der Waals surface area contributed by atoms with Crippen LogP contribution >= 0.6 is 0 Å². The molecule has 0 atom stereocenters. The van der Waals surface area contributed by atoms with E-state index in [-0.39, 0.29) is 6.61 Å². The molecule has 2 heterocycles. The van der Waals surface area contributed by atoms with Gasteiger partial charge < -0.3 is 5.11 Å². The molecule has 0 saturated heterocycles. The fraction of sp³-hybridized carbons (Fsp3) is 0.333. The summed E-state index contributed by atoms with van der Waals surface area (Å²) in [7, 11) is 0. The van der Waals surface area contributed by atoms with Gasteiger partial charge in [0.2, 0.25) is 0 Å². The van der Waals surface area contributed by atoms with Crippen molar-refractivity contribution < 1.29 is 5.11 Å². The van der Waals surface area contributed by atoms with Gasteiger partial charge in [-0.05, 0) is 26.0 Å². The second-order valence-corrected chi connectivity index (χ2v) is 3.16. The molecule has 1 N–H and O–H groups in total. The number of hydrogen-bond donors (Lipinski definition) is 1. The molecule has 2 aromatic rings. The van der Waals surface area contributed by atoms with Gasteiger partial charge in [0.1, 0.15) is 11.6 Å². The maximum Gasteiger partial charge on any atom is 0.177 e. The summed E-state index contributed by atoms with van der Waals surface area (Å²) < 4.78 is 1.61. The molecule has 15 heavy (non-hydrogen) atoms. The van der Waals surface area contributed by atoms with Crippen molar-refractivity contribution in [2.24, 2.45) is 0 Å². The van der Waals surface area contributed by atoms with Crippen LogP contribution in [-0.4, -0.2) is 30.1 Å². The van der Waals surface area contributed by atoms with Crippen molar-refractivity contribution in [3.05, 3.63) is 29.5 Å². The summed E-state index contributed by atoms with van der Waals surface area (Å²) in [5.74, 6) is 2.06. The van der Waals surface area contributed by atoms with Gasteiger partial charge in [0.05, 0.1) is 12.3 Å². The summed E-state index contributed by atoms with van der Waals surface area (Å²) in [5, 5.41) is 20.8. The second kappa shape index (κ2) is 3.74. The monoisotopic (exact) mass is 205 g/mol. The average molecular weight is 205 g/mol. The van der Waals surface area contributed by atoms with E-state index >= 15 is 0 Å². The van der Waals surface area contributed by atoms with Crippen LogP contribution in [0.5, 0.6) is 0 Å². The number of hydrogen-bond acceptors (Lipinski definition) is 5. The summed E-state index contributed by atoms with van der Waals surface area (Å²) in [6.07, 6.45) is 0. The minimum absolute atomic E-state index is 0.108. The molecule has 0 aliphatic carbocycles. The van der Waals surface area contributed by atoms with Crippen LogP contribution in [0.2, 0.25) is 0 Å². The zero-order valence-corrected chi connectivity index (χ0v) is 8.55. The molecule has 0 spiro atoms. The lowest BCUT2D eigenvalue weighted by Gasteiger charge is -2.00. The largest absolute Gasteiger partial charge is 0.390 e. The van der Waals surface area contributed by atoms with Crippen LogP contribution < -0.4 is 0 Å². The van der Waals surface area contributed by atoms with Gasteiger partial charge >= 0.3 is 0 Å². The van der Waals surface area contributed by atoms with E-state index in [4.69, 9.17) is 5.11 Å². The van der Waals surface area contributed by atoms with Crippen molar-refractivity contribution in [2.75, 3.05) is 0 Å². The van der Waals surface area contributed by atoms with Gasteiger partial charge in [0, 0.05) is 0 Å². The van der Waals surface area contributed by atoms with Crippen LogP contribution in [0.25, 0.3) is 5.82 Å². The average Bonchev–Trinajstić information content (AvgIpc) is 2.58. The summed E-state index contributed by atoms with van der Waals surface area (Å²) >= 11 is 0. The SMILES string of the molecule is Cc1nc(C)n(-c2ccc(CO)nn2)n1. The van der Waals surface area contributed by atoms with Crippen molar-refractivity contribution in [1.82, 2.24) is 25.0 Å². The number of aryl methyl sites for hydroxylation is 2. The van der Waals surface area contributed by atoms with Crippen molar-refractivity contribution >= 4 is 0 Å². The van der Waals surface area contributed by atoms with E-state index in [1.807, 2.05) is 13.8 Å².